The highest BCUT2D eigenvalue weighted by atomic mass is 35.5. The molecule has 0 aliphatic heterocycles. The van der Waals surface area contributed by atoms with Crippen molar-refractivity contribution < 1.29 is 28.2 Å². The molecule has 0 spiro atoms. The number of imidazole rings is 1. The molecule has 9 nitrogen and oxygen atoms in total. The molecule has 32 heavy (non-hydrogen) atoms. The van der Waals surface area contributed by atoms with Gasteiger partial charge in [0, 0.05) is 24.5 Å². The summed E-state index contributed by atoms with van der Waals surface area (Å²) in [6, 6.07) is 9.47. The molecule has 3 aromatic heterocycles. The second kappa shape index (κ2) is 9.03. The number of hydrogen-bond acceptors (Lipinski definition) is 7. The van der Waals surface area contributed by atoms with Crippen LogP contribution in [0, 0.1) is 0 Å². The number of pyridine rings is 1. The molecule has 0 unspecified atom stereocenters. The highest BCUT2D eigenvalue weighted by molar-refractivity contribution is 6.30. The predicted molar refractivity (Wildman–Crippen MR) is 116 cm³/mol. The van der Waals surface area contributed by atoms with Gasteiger partial charge >= 0.3 is 5.97 Å². The zero-order chi connectivity index (χ0) is 22.7. The molecule has 1 N–H and O–H groups in total. The first-order valence-electron chi connectivity index (χ1n) is 9.39. The molecule has 164 valence electrons. The predicted octanol–water partition coefficient (Wildman–Crippen LogP) is 4.21. The van der Waals surface area contributed by atoms with Crippen LogP contribution in [0.1, 0.15) is 26.6 Å². The Morgan fingerprint density at radius 1 is 1.12 bits per heavy atom. The van der Waals surface area contributed by atoms with Gasteiger partial charge in [0.05, 0.1) is 42.5 Å². The second-order valence-corrected chi connectivity index (χ2v) is 7.04. The number of carbonyl (C=O) groups excluding carboxylic acids is 2. The number of carbonyl (C=O) groups is 2. The average molecular weight is 456 g/mol. The molecule has 0 bridgehead atoms. The minimum Gasteiger partial charge on any atom is -0.493 e. The maximum Gasteiger partial charge on any atom is 0.340 e. The van der Waals surface area contributed by atoms with Crippen LogP contribution in [0.5, 0.6) is 11.5 Å². The molecule has 0 aliphatic carbocycles. The summed E-state index contributed by atoms with van der Waals surface area (Å²) >= 11 is 5.99. The minimum absolute atomic E-state index is 0.0781. The van der Waals surface area contributed by atoms with E-state index in [4.69, 9.17) is 30.2 Å². The standard InChI is InChI=1S/C22H18ClN3O6/c1-29-18-8-15(16(9-19(18)30-2)25-21(27)17-4-3-7-31-17)22(28)32-12-14-11-26-10-13(23)5-6-20(26)24-14/h3-11H,12H2,1-2H3,(H,25,27). The van der Waals surface area contributed by atoms with Gasteiger partial charge in [0.25, 0.3) is 5.91 Å². The molecule has 0 fully saturated rings. The van der Waals surface area contributed by atoms with E-state index in [-0.39, 0.29) is 23.6 Å². The van der Waals surface area contributed by atoms with Gasteiger partial charge in [-0.15, -0.1) is 0 Å². The summed E-state index contributed by atoms with van der Waals surface area (Å²) in [5.74, 6) is -0.499. The molecule has 0 aliphatic rings. The van der Waals surface area contributed by atoms with Crippen molar-refractivity contribution in [2.24, 2.45) is 0 Å². The number of fused-ring (bicyclic) bond motifs is 1. The molecule has 4 aromatic rings. The molecule has 0 saturated heterocycles. The van der Waals surface area contributed by atoms with E-state index in [9.17, 15) is 9.59 Å². The van der Waals surface area contributed by atoms with Gasteiger partial charge in [-0.2, -0.15) is 0 Å². The second-order valence-electron chi connectivity index (χ2n) is 6.61. The summed E-state index contributed by atoms with van der Waals surface area (Å²) in [6.45, 7) is -0.0853. The summed E-state index contributed by atoms with van der Waals surface area (Å²) in [5.41, 5.74) is 1.45. The Morgan fingerprint density at radius 3 is 2.62 bits per heavy atom. The van der Waals surface area contributed by atoms with E-state index < -0.39 is 11.9 Å². The number of nitrogens with one attached hydrogen (secondary N) is 1. The van der Waals surface area contributed by atoms with Gasteiger partial charge in [0.1, 0.15) is 12.3 Å². The van der Waals surface area contributed by atoms with Crippen molar-refractivity contribution in [3.63, 3.8) is 0 Å². The van der Waals surface area contributed by atoms with Gasteiger partial charge in [0.15, 0.2) is 17.3 Å². The summed E-state index contributed by atoms with van der Waals surface area (Å²) in [7, 11) is 2.89. The van der Waals surface area contributed by atoms with E-state index in [1.165, 1.54) is 38.7 Å². The van der Waals surface area contributed by atoms with E-state index in [0.717, 1.165) is 0 Å². The molecule has 3 heterocycles. The molecule has 10 heteroatoms. The fraction of sp³-hybridized carbons (Fsp3) is 0.136. The Balaban J connectivity index is 1.59. The first kappa shape index (κ1) is 21.3. The van der Waals surface area contributed by atoms with Gasteiger partial charge in [-0.1, -0.05) is 11.6 Å². The zero-order valence-electron chi connectivity index (χ0n) is 17.1. The lowest BCUT2D eigenvalue weighted by Crippen LogP contribution is -2.16. The number of aromatic nitrogens is 2. The smallest absolute Gasteiger partial charge is 0.340 e. The highest BCUT2D eigenvalue weighted by Crippen LogP contribution is 2.34. The number of furan rings is 1. The SMILES string of the molecule is COc1cc(NC(=O)c2ccco2)c(C(=O)OCc2cn3cc(Cl)ccc3n2)cc1OC. The molecule has 4 rings (SSSR count). The van der Waals surface area contributed by atoms with E-state index in [1.807, 2.05) is 0 Å². The van der Waals surface area contributed by atoms with Gasteiger partial charge < -0.3 is 28.3 Å². The molecular weight excluding hydrogens is 438 g/mol. The lowest BCUT2D eigenvalue weighted by molar-refractivity contribution is 0.0469. The summed E-state index contributed by atoms with van der Waals surface area (Å²) in [4.78, 5) is 29.7. The van der Waals surface area contributed by atoms with Crippen LogP contribution >= 0.6 is 11.6 Å². The van der Waals surface area contributed by atoms with Crippen molar-refractivity contribution in [1.82, 2.24) is 9.38 Å². The van der Waals surface area contributed by atoms with E-state index in [2.05, 4.69) is 10.3 Å². The molecular formula is C22H18ClN3O6. The first-order valence-corrected chi connectivity index (χ1v) is 9.77. The van der Waals surface area contributed by atoms with E-state index >= 15 is 0 Å². The third-order valence-corrected chi connectivity index (χ3v) is 4.78. The largest absolute Gasteiger partial charge is 0.493 e. The normalized spacial score (nSPS) is 10.7. The summed E-state index contributed by atoms with van der Waals surface area (Å²) in [5, 5.41) is 3.20. The monoisotopic (exact) mass is 455 g/mol. The fourth-order valence-corrected chi connectivity index (χ4v) is 3.22. The summed E-state index contributed by atoms with van der Waals surface area (Å²) < 4.78 is 22.8. The Bertz CT molecular complexity index is 1280. The highest BCUT2D eigenvalue weighted by Gasteiger charge is 2.21. The maximum atomic E-state index is 12.9. The van der Waals surface area contributed by atoms with Crippen LogP contribution in [0.3, 0.4) is 0 Å². The number of amides is 1. The first-order chi connectivity index (χ1) is 15.5. The number of rotatable bonds is 7. The van der Waals surface area contributed by atoms with Gasteiger partial charge in [0.2, 0.25) is 0 Å². The number of nitrogens with zero attached hydrogens (tertiary/aromatic N) is 2. The molecule has 0 saturated carbocycles. The van der Waals surface area contributed by atoms with Crippen LogP contribution in [-0.2, 0) is 11.3 Å². The van der Waals surface area contributed by atoms with Crippen molar-refractivity contribution in [2.45, 2.75) is 6.61 Å². The Labute approximate surface area is 187 Å². The van der Waals surface area contributed by atoms with Crippen LogP contribution in [-0.4, -0.2) is 35.5 Å². The molecule has 0 radical (unpaired) electrons. The van der Waals surface area contributed by atoms with Crippen LogP contribution in [0.15, 0.2) is 59.5 Å². The van der Waals surface area contributed by atoms with Gasteiger partial charge in [-0.3, -0.25) is 4.79 Å². The van der Waals surface area contributed by atoms with Crippen molar-refractivity contribution >= 4 is 34.8 Å². The van der Waals surface area contributed by atoms with Crippen molar-refractivity contribution in [3.8, 4) is 11.5 Å². The Morgan fingerprint density at radius 2 is 1.91 bits per heavy atom. The van der Waals surface area contributed by atoms with Crippen LogP contribution in [0.4, 0.5) is 5.69 Å². The fourth-order valence-electron chi connectivity index (χ4n) is 3.05. The van der Waals surface area contributed by atoms with Crippen molar-refractivity contribution in [2.75, 3.05) is 19.5 Å². The number of ether oxygens (including phenoxy) is 3. The van der Waals surface area contributed by atoms with Crippen LogP contribution in [0.2, 0.25) is 5.02 Å². The number of halogens is 1. The third-order valence-electron chi connectivity index (χ3n) is 4.55. The minimum atomic E-state index is -0.684. The lowest BCUT2D eigenvalue weighted by atomic mass is 10.1. The topological polar surface area (TPSA) is 104 Å². The lowest BCUT2D eigenvalue weighted by Gasteiger charge is -2.14. The van der Waals surface area contributed by atoms with Gasteiger partial charge in [-0.05, 0) is 24.3 Å². The number of esters is 1. The zero-order valence-corrected chi connectivity index (χ0v) is 17.9. The number of hydrogen-bond donors (Lipinski definition) is 1. The average Bonchev–Trinajstić information content (AvgIpc) is 3.46. The number of benzene rings is 1. The third kappa shape index (κ3) is 4.37. The van der Waals surface area contributed by atoms with E-state index in [0.29, 0.717) is 27.9 Å². The summed E-state index contributed by atoms with van der Waals surface area (Å²) in [6.07, 6.45) is 4.79. The van der Waals surface area contributed by atoms with Crippen molar-refractivity contribution in [1.29, 1.82) is 0 Å². The molecule has 0 atom stereocenters. The number of anilines is 1. The number of methoxy groups -OCH3 is 2. The van der Waals surface area contributed by atoms with Crippen LogP contribution < -0.4 is 14.8 Å². The van der Waals surface area contributed by atoms with Crippen molar-refractivity contribution in [3.05, 3.63) is 77.1 Å². The maximum absolute atomic E-state index is 12.9. The Hall–Kier alpha value is -3.98. The molecule has 1 aromatic carbocycles. The van der Waals surface area contributed by atoms with E-state index in [1.54, 1.807) is 35.0 Å². The quantitative estimate of drug-likeness (QED) is 0.416. The molecule has 1 amide bonds. The Kier molecular flexibility index (Phi) is 6.00. The van der Waals surface area contributed by atoms with Crippen LogP contribution in [0.25, 0.3) is 5.65 Å². The van der Waals surface area contributed by atoms with Gasteiger partial charge in [-0.25, -0.2) is 9.78 Å².